The zero-order valence-corrected chi connectivity index (χ0v) is 14.4. The summed E-state index contributed by atoms with van der Waals surface area (Å²) in [5.41, 5.74) is 0.480. The molecular formula is C18H21FN4O2. The van der Waals surface area contributed by atoms with E-state index in [1.807, 2.05) is 7.05 Å². The van der Waals surface area contributed by atoms with E-state index in [9.17, 15) is 9.18 Å². The molecule has 0 saturated carbocycles. The predicted octanol–water partition coefficient (Wildman–Crippen LogP) is 2.44. The Bertz CT molecular complexity index is 774. The van der Waals surface area contributed by atoms with E-state index in [0.29, 0.717) is 30.4 Å². The topological polar surface area (TPSA) is 62.5 Å². The molecule has 2 heterocycles. The largest absolute Gasteiger partial charge is 0.339 e. The average molecular weight is 344 g/mol. The summed E-state index contributed by atoms with van der Waals surface area (Å²) in [4.78, 5) is 20.6. The Morgan fingerprint density at radius 1 is 1.40 bits per heavy atom. The van der Waals surface area contributed by atoms with Gasteiger partial charge in [0.15, 0.2) is 5.82 Å². The monoisotopic (exact) mass is 344 g/mol. The highest BCUT2D eigenvalue weighted by atomic mass is 19.1. The van der Waals surface area contributed by atoms with Crippen LogP contribution in [0.3, 0.4) is 0 Å². The standard InChI is InChI=1S/C18H21FN4O2/c1-13-20-18(25-21-13)16-12-23(11-10-22(16)2)17(24)9-5-7-14-6-3-4-8-15(14)19/h3-8,16H,9-12H2,1-2H3/b7-5+. The van der Waals surface area contributed by atoms with Crippen molar-refractivity contribution in [3.8, 4) is 0 Å². The molecular weight excluding hydrogens is 323 g/mol. The van der Waals surface area contributed by atoms with Crippen molar-refractivity contribution in [3.05, 3.63) is 53.4 Å². The van der Waals surface area contributed by atoms with E-state index in [1.165, 1.54) is 6.07 Å². The number of rotatable bonds is 4. The number of hydrogen-bond acceptors (Lipinski definition) is 5. The van der Waals surface area contributed by atoms with Gasteiger partial charge in [0.2, 0.25) is 11.8 Å². The highest BCUT2D eigenvalue weighted by Gasteiger charge is 2.31. The lowest BCUT2D eigenvalue weighted by atomic mass is 10.1. The summed E-state index contributed by atoms with van der Waals surface area (Å²) >= 11 is 0. The highest BCUT2D eigenvalue weighted by molar-refractivity contribution is 5.79. The van der Waals surface area contributed by atoms with Crippen molar-refractivity contribution in [1.29, 1.82) is 0 Å². The van der Waals surface area contributed by atoms with E-state index in [-0.39, 0.29) is 24.2 Å². The minimum Gasteiger partial charge on any atom is -0.339 e. The molecule has 1 atom stereocenters. The molecule has 7 heteroatoms. The van der Waals surface area contributed by atoms with Gasteiger partial charge in [0.05, 0.1) is 0 Å². The molecule has 132 valence electrons. The Kier molecular flexibility index (Phi) is 5.23. The van der Waals surface area contributed by atoms with E-state index in [4.69, 9.17) is 4.52 Å². The van der Waals surface area contributed by atoms with Gasteiger partial charge in [0.25, 0.3) is 0 Å². The first-order valence-corrected chi connectivity index (χ1v) is 8.24. The molecule has 2 aromatic rings. The van der Waals surface area contributed by atoms with E-state index >= 15 is 0 Å². The summed E-state index contributed by atoms with van der Waals surface area (Å²) in [5, 5.41) is 3.82. The molecule has 3 rings (SSSR count). The molecule has 1 unspecified atom stereocenters. The van der Waals surface area contributed by atoms with Crippen LogP contribution < -0.4 is 0 Å². The van der Waals surface area contributed by atoms with Crippen molar-refractivity contribution in [3.63, 3.8) is 0 Å². The van der Waals surface area contributed by atoms with Gasteiger partial charge < -0.3 is 9.42 Å². The fourth-order valence-corrected chi connectivity index (χ4v) is 2.84. The van der Waals surface area contributed by atoms with Crippen LogP contribution in [-0.2, 0) is 4.79 Å². The van der Waals surface area contributed by atoms with Crippen molar-refractivity contribution in [2.45, 2.75) is 19.4 Å². The molecule has 25 heavy (non-hydrogen) atoms. The van der Waals surface area contributed by atoms with E-state index in [0.717, 1.165) is 6.54 Å². The Balaban J connectivity index is 1.61. The minimum atomic E-state index is -0.294. The number of carbonyl (C=O) groups excluding carboxylic acids is 1. The third kappa shape index (κ3) is 4.11. The second kappa shape index (κ2) is 7.57. The minimum absolute atomic E-state index is 0.00178. The van der Waals surface area contributed by atoms with E-state index in [2.05, 4.69) is 15.0 Å². The Labute approximate surface area is 145 Å². The van der Waals surface area contributed by atoms with Gasteiger partial charge in [-0.3, -0.25) is 9.69 Å². The van der Waals surface area contributed by atoms with Gasteiger partial charge in [-0.25, -0.2) is 4.39 Å². The van der Waals surface area contributed by atoms with Crippen LogP contribution in [0.15, 0.2) is 34.9 Å². The molecule has 1 saturated heterocycles. The van der Waals surface area contributed by atoms with Crippen molar-refractivity contribution in [1.82, 2.24) is 19.9 Å². The molecule has 0 N–H and O–H groups in total. The summed E-state index contributed by atoms with van der Waals surface area (Å²) < 4.78 is 18.8. The van der Waals surface area contributed by atoms with Gasteiger partial charge in [0, 0.05) is 31.6 Å². The maximum atomic E-state index is 13.6. The van der Waals surface area contributed by atoms with Gasteiger partial charge in [-0.2, -0.15) is 4.98 Å². The molecule has 1 aliphatic heterocycles. The number of aryl methyl sites for hydroxylation is 1. The first-order valence-electron chi connectivity index (χ1n) is 8.24. The molecule has 0 spiro atoms. The van der Waals surface area contributed by atoms with Crippen LogP contribution >= 0.6 is 0 Å². The molecule has 6 nitrogen and oxygen atoms in total. The summed E-state index contributed by atoms with van der Waals surface area (Å²) in [6.45, 7) is 3.65. The van der Waals surface area contributed by atoms with Gasteiger partial charge in [0.1, 0.15) is 11.9 Å². The van der Waals surface area contributed by atoms with Crippen LogP contribution in [0.25, 0.3) is 6.08 Å². The Morgan fingerprint density at radius 2 is 2.20 bits per heavy atom. The lowest BCUT2D eigenvalue weighted by Crippen LogP contribution is -2.49. The SMILES string of the molecule is Cc1noc(C2CN(C(=O)C/C=C/c3ccccc3F)CCN2C)n1. The third-order valence-electron chi connectivity index (χ3n) is 4.32. The van der Waals surface area contributed by atoms with Crippen LogP contribution in [0.4, 0.5) is 4.39 Å². The van der Waals surface area contributed by atoms with Crippen LogP contribution in [0, 0.1) is 12.7 Å². The first kappa shape index (κ1) is 17.3. The zero-order valence-electron chi connectivity index (χ0n) is 14.4. The first-order chi connectivity index (χ1) is 12.0. The molecule has 0 radical (unpaired) electrons. The fourth-order valence-electron chi connectivity index (χ4n) is 2.84. The number of amides is 1. The molecule has 1 aromatic heterocycles. The predicted molar refractivity (Wildman–Crippen MR) is 91.0 cm³/mol. The Morgan fingerprint density at radius 3 is 2.92 bits per heavy atom. The summed E-state index contributed by atoms with van der Waals surface area (Å²) in [5.74, 6) is 0.818. The second-order valence-electron chi connectivity index (χ2n) is 6.14. The van der Waals surface area contributed by atoms with Crippen LogP contribution in [-0.4, -0.2) is 52.5 Å². The Hall–Kier alpha value is -2.54. The lowest BCUT2D eigenvalue weighted by Gasteiger charge is -2.37. The maximum Gasteiger partial charge on any atom is 0.245 e. The number of benzene rings is 1. The summed E-state index contributed by atoms with van der Waals surface area (Å²) in [6, 6.07) is 6.39. The van der Waals surface area contributed by atoms with Crippen molar-refractivity contribution >= 4 is 12.0 Å². The molecule has 1 aromatic carbocycles. The number of nitrogens with zero attached hydrogens (tertiary/aromatic N) is 4. The van der Waals surface area contributed by atoms with Crippen LogP contribution in [0.1, 0.15) is 29.7 Å². The molecule has 1 fully saturated rings. The van der Waals surface area contributed by atoms with E-state index < -0.39 is 0 Å². The van der Waals surface area contributed by atoms with Gasteiger partial charge in [-0.15, -0.1) is 0 Å². The molecule has 0 bridgehead atoms. The number of likely N-dealkylation sites (N-methyl/N-ethyl adjacent to an activating group) is 1. The molecule has 0 aliphatic carbocycles. The van der Waals surface area contributed by atoms with Gasteiger partial charge in [-0.1, -0.05) is 35.5 Å². The number of carbonyl (C=O) groups is 1. The van der Waals surface area contributed by atoms with Gasteiger partial charge >= 0.3 is 0 Å². The van der Waals surface area contributed by atoms with E-state index in [1.54, 1.807) is 42.2 Å². The van der Waals surface area contributed by atoms with Crippen molar-refractivity contribution in [2.75, 3.05) is 26.7 Å². The van der Waals surface area contributed by atoms with Gasteiger partial charge in [-0.05, 0) is 20.0 Å². The second-order valence-corrected chi connectivity index (χ2v) is 6.14. The van der Waals surface area contributed by atoms with Crippen LogP contribution in [0.5, 0.6) is 0 Å². The number of hydrogen-bond donors (Lipinski definition) is 0. The number of piperazine rings is 1. The van der Waals surface area contributed by atoms with Crippen LogP contribution in [0.2, 0.25) is 0 Å². The lowest BCUT2D eigenvalue weighted by molar-refractivity contribution is -0.133. The fraction of sp³-hybridized carbons (Fsp3) is 0.389. The quantitative estimate of drug-likeness (QED) is 0.852. The number of aromatic nitrogens is 2. The molecule has 1 amide bonds. The molecule has 1 aliphatic rings. The highest BCUT2D eigenvalue weighted by Crippen LogP contribution is 2.23. The smallest absolute Gasteiger partial charge is 0.245 e. The average Bonchev–Trinajstić information content (AvgIpc) is 3.03. The maximum absolute atomic E-state index is 13.6. The summed E-state index contributed by atoms with van der Waals surface area (Å²) in [7, 11) is 1.98. The van der Waals surface area contributed by atoms with Crippen molar-refractivity contribution < 1.29 is 13.7 Å². The summed E-state index contributed by atoms with van der Waals surface area (Å²) in [6.07, 6.45) is 3.57. The number of halogens is 1. The third-order valence-corrected chi connectivity index (χ3v) is 4.32. The normalized spacial score (nSPS) is 18.8. The zero-order chi connectivity index (χ0) is 17.8. The van der Waals surface area contributed by atoms with Crippen molar-refractivity contribution in [2.24, 2.45) is 0 Å².